The zero-order valence-electron chi connectivity index (χ0n) is 15.8. The second-order valence-corrected chi connectivity index (χ2v) is 6.69. The van der Waals surface area contributed by atoms with Crippen LogP contribution in [0, 0.1) is 0 Å². The maximum Gasteiger partial charge on any atom is 0.240 e. The molecule has 3 aromatic rings. The van der Waals surface area contributed by atoms with Crippen LogP contribution < -0.4 is 15.5 Å². The van der Waals surface area contributed by atoms with Crippen LogP contribution in [0.3, 0.4) is 0 Å². The van der Waals surface area contributed by atoms with Crippen LogP contribution in [0.25, 0.3) is 10.8 Å². The number of amides is 2. The summed E-state index contributed by atoms with van der Waals surface area (Å²) in [5, 5.41) is 9.25. The number of anilines is 1. The Kier molecular flexibility index (Phi) is 6.81. The number of hydrazone groups is 1. The number of benzene rings is 3. The second-order valence-electron chi connectivity index (χ2n) is 6.25. The molecule has 0 spiro atoms. The third-order valence-electron chi connectivity index (χ3n) is 4.22. The Morgan fingerprint density at radius 1 is 1.03 bits per heavy atom. The first-order chi connectivity index (χ1) is 14.1. The number of fused-ring (bicyclic) bond motifs is 1. The van der Waals surface area contributed by atoms with E-state index in [9.17, 15) is 9.59 Å². The van der Waals surface area contributed by atoms with Gasteiger partial charge in [-0.1, -0.05) is 48.0 Å². The number of ether oxygens (including phenoxy) is 1. The summed E-state index contributed by atoms with van der Waals surface area (Å²) >= 11 is 5.88. The maximum absolute atomic E-state index is 12.0. The minimum atomic E-state index is -0.360. The molecule has 0 unspecified atom stereocenters. The smallest absolute Gasteiger partial charge is 0.240 e. The van der Waals surface area contributed by atoms with Gasteiger partial charge in [-0.2, -0.15) is 5.10 Å². The molecule has 7 heteroatoms. The molecule has 2 amide bonds. The maximum atomic E-state index is 12.0. The molecule has 0 heterocycles. The van der Waals surface area contributed by atoms with Crippen LogP contribution in [0.5, 0.6) is 5.75 Å². The molecule has 0 aliphatic heterocycles. The molecule has 0 bridgehead atoms. The molecule has 29 heavy (non-hydrogen) atoms. The van der Waals surface area contributed by atoms with Gasteiger partial charge < -0.3 is 10.1 Å². The molecule has 0 aliphatic rings. The van der Waals surface area contributed by atoms with Gasteiger partial charge in [0, 0.05) is 29.1 Å². The van der Waals surface area contributed by atoms with Crippen molar-refractivity contribution in [1.29, 1.82) is 0 Å². The van der Waals surface area contributed by atoms with Gasteiger partial charge >= 0.3 is 0 Å². The summed E-state index contributed by atoms with van der Waals surface area (Å²) in [5.41, 5.74) is 3.80. The lowest BCUT2D eigenvalue weighted by Crippen LogP contribution is -2.20. The van der Waals surface area contributed by atoms with E-state index >= 15 is 0 Å². The number of hydrogen-bond acceptors (Lipinski definition) is 4. The lowest BCUT2D eigenvalue weighted by molar-refractivity contribution is -0.124. The highest BCUT2D eigenvalue weighted by molar-refractivity contribution is 6.30. The van der Waals surface area contributed by atoms with Crippen LogP contribution in [-0.4, -0.2) is 25.1 Å². The van der Waals surface area contributed by atoms with Crippen molar-refractivity contribution in [3.63, 3.8) is 0 Å². The van der Waals surface area contributed by atoms with Crippen LogP contribution >= 0.6 is 11.6 Å². The first-order valence-electron chi connectivity index (χ1n) is 9.00. The van der Waals surface area contributed by atoms with Gasteiger partial charge in [-0.3, -0.25) is 9.59 Å². The summed E-state index contributed by atoms with van der Waals surface area (Å²) in [7, 11) is 1.58. The fourth-order valence-corrected chi connectivity index (χ4v) is 3.02. The van der Waals surface area contributed by atoms with Crippen LogP contribution in [0.4, 0.5) is 5.69 Å². The molecule has 0 fully saturated rings. The molecule has 148 valence electrons. The predicted molar refractivity (Wildman–Crippen MR) is 116 cm³/mol. The summed E-state index contributed by atoms with van der Waals surface area (Å²) < 4.78 is 5.39. The van der Waals surface area contributed by atoms with Crippen molar-refractivity contribution in [2.75, 3.05) is 12.4 Å². The topological polar surface area (TPSA) is 79.8 Å². The SMILES string of the molecule is COc1ccc2ccccc2c1C=NNC(=O)CCC(=O)Nc1cccc(Cl)c1. The van der Waals surface area contributed by atoms with E-state index in [-0.39, 0.29) is 24.7 Å². The quantitative estimate of drug-likeness (QED) is 0.449. The normalized spacial score (nSPS) is 10.8. The van der Waals surface area contributed by atoms with Crippen molar-refractivity contribution in [2.24, 2.45) is 5.10 Å². The molecule has 0 radical (unpaired) electrons. The summed E-state index contributed by atoms with van der Waals surface area (Å²) in [6, 6.07) is 18.5. The zero-order valence-corrected chi connectivity index (χ0v) is 16.6. The highest BCUT2D eigenvalue weighted by Gasteiger charge is 2.08. The van der Waals surface area contributed by atoms with E-state index in [0.717, 1.165) is 16.3 Å². The molecule has 0 saturated heterocycles. The number of carbonyl (C=O) groups excluding carboxylic acids is 2. The highest BCUT2D eigenvalue weighted by Crippen LogP contribution is 2.26. The molecule has 3 rings (SSSR count). The molecule has 0 aliphatic carbocycles. The van der Waals surface area contributed by atoms with Gasteiger partial charge in [-0.15, -0.1) is 0 Å². The van der Waals surface area contributed by atoms with Crippen LogP contribution in [0.1, 0.15) is 18.4 Å². The van der Waals surface area contributed by atoms with E-state index in [4.69, 9.17) is 16.3 Å². The Morgan fingerprint density at radius 3 is 2.62 bits per heavy atom. The van der Waals surface area contributed by atoms with E-state index in [1.165, 1.54) is 0 Å². The lowest BCUT2D eigenvalue weighted by Gasteiger charge is -2.08. The number of carbonyl (C=O) groups is 2. The minimum Gasteiger partial charge on any atom is -0.496 e. The van der Waals surface area contributed by atoms with E-state index < -0.39 is 0 Å². The van der Waals surface area contributed by atoms with Crippen molar-refractivity contribution in [2.45, 2.75) is 12.8 Å². The average Bonchev–Trinajstić information content (AvgIpc) is 2.72. The van der Waals surface area contributed by atoms with Gasteiger partial charge in [0.25, 0.3) is 0 Å². The van der Waals surface area contributed by atoms with Crippen LogP contribution in [-0.2, 0) is 9.59 Å². The van der Waals surface area contributed by atoms with E-state index in [0.29, 0.717) is 16.5 Å². The van der Waals surface area contributed by atoms with Crippen molar-refractivity contribution in [3.05, 3.63) is 71.2 Å². The van der Waals surface area contributed by atoms with Gasteiger partial charge in [0.05, 0.1) is 13.3 Å². The standard InChI is InChI=1S/C22H20ClN3O3/c1-29-20-10-9-15-5-2-3-8-18(15)19(20)14-24-26-22(28)12-11-21(27)25-17-7-4-6-16(23)13-17/h2-10,13-14H,11-12H2,1H3,(H,25,27)(H,26,28). The molecule has 6 nitrogen and oxygen atoms in total. The molecule has 0 aromatic heterocycles. The third kappa shape index (κ3) is 5.56. The Labute approximate surface area is 173 Å². The number of nitrogens with one attached hydrogen (secondary N) is 2. The Balaban J connectivity index is 1.56. The van der Waals surface area contributed by atoms with Crippen LogP contribution in [0.15, 0.2) is 65.8 Å². The number of halogens is 1. The Morgan fingerprint density at radius 2 is 1.83 bits per heavy atom. The molecular formula is C22H20ClN3O3. The predicted octanol–water partition coefficient (Wildman–Crippen LogP) is 4.37. The first-order valence-corrected chi connectivity index (χ1v) is 9.37. The fraction of sp³-hybridized carbons (Fsp3) is 0.136. The molecule has 0 atom stereocenters. The van der Waals surface area contributed by atoms with E-state index in [2.05, 4.69) is 15.8 Å². The van der Waals surface area contributed by atoms with Crippen molar-refractivity contribution in [3.8, 4) is 5.75 Å². The summed E-state index contributed by atoms with van der Waals surface area (Å²) in [4.78, 5) is 24.0. The zero-order chi connectivity index (χ0) is 20.6. The summed E-state index contributed by atoms with van der Waals surface area (Å²) in [5.74, 6) is 0.0198. The average molecular weight is 410 g/mol. The van der Waals surface area contributed by atoms with Crippen LogP contribution in [0.2, 0.25) is 5.02 Å². The fourth-order valence-electron chi connectivity index (χ4n) is 2.83. The number of methoxy groups -OCH3 is 1. The summed E-state index contributed by atoms with van der Waals surface area (Å²) in [6.07, 6.45) is 1.59. The van der Waals surface area contributed by atoms with Gasteiger partial charge in [0.1, 0.15) is 5.75 Å². The number of nitrogens with zero attached hydrogens (tertiary/aromatic N) is 1. The van der Waals surface area contributed by atoms with Crippen molar-refractivity contribution >= 4 is 46.1 Å². The minimum absolute atomic E-state index is 0.0103. The molecule has 2 N–H and O–H groups in total. The van der Waals surface area contributed by atoms with Gasteiger partial charge in [-0.25, -0.2) is 5.43 Å². The van der Waals surface area contributed by atoms with Crippen molar-refractivity contribution < 1.29 is 14.3 Å². The number of rotatable bonds is 7. The lowest BCUT2D eigenvalue weighted by atomic mass is 10.0. The Hall–Kier alpha value is -3.38. The van der Waals surface area contributed by atoms with Gasteiger partial charge in [0.2, 0.25) is 11.8 Å². The van der Waals surface area contributed by atoms with Crippen molar-refractivity contribution in [1.82, 2.24) is 5.43 Å². The first kappa shape index (κ1) is 20.4. The monoisotopic (exact) mass is 409 g/mol. The highest BCUT2D eigenvalue weighted by atomic mass is 35.5. The van der Waals surface area contributed by atoms with Gasteiger partial charge in [0.15, 0.2) is 0 Å². The second kappa shape index (κ2) is 9.71. The largest absolute Gasteiger partial charge is 0.496 e. The number of hydrogen-bond donors (Lipinski definition) is 2. The molecule has 3 aromatic carbocycles. The van der Waals surface area contributed by atoms with E-state index in [1.54, 1.807) is 37.6 Å². The Bertz CT molecular complexity index is 1070. The molecular weight excluding hydrogens is 390 g/mol. The summed E-state index contributed by atoms with van der Waals surface area (Å²) in [6.45, 7) is 0. The van der Waals surface area contributed by atoms with Gasteiger partial charge in [-0.05, 0) is 35.0 Å². The third-order valence-corrected chi connectivity index (χ3v) is 4.46. The molecule has 0 saturated carbocycles. The van der Waals surface area contributed by atoms with E-state index in [1.807, 2.05) is 36.4 Å².